The fourth-order valence-corrected chi connectivity index (χ4v) is 1.79. The lowest BCUT2D eigenvalue weighted by molar-refractivity contribution is -0.143. The van der Waals surface area contributed by atoms with E-state index in [2.05, 4.69) is 9.72 Å². The highest BCUT2D eigenvalue weighted by atomic mass is 19.4. The van der Waals surface area contributed by atoms with Gasteiger partial charge in [0.25, 0.3) is 6.43 Å². The van der Waals surface area contributed by atoms with Gasteiger partial charge in [0.15, 0.2) is 0 Å². The molecule has 0 amide bonds. The van der Waals surface area contributed by atoms with Crippen molar-refractivity contribution in [3.05, 3.63) is 28.6 Å². The molecule has 0 spiro atoms. The average Bonchev–Trinajstić information content (AvgIpc) is 2.26. The first-order valence-corrected chi connectivity index (χ1v) is 5.67. The maximum Gasteiger partial charge on any atom is 0.417 e. The number of ether oxygens (including phenoxy) is 1. The Morgan fingerprint density at radius 2 is 2.00 bits per heavy atom. The highest BCUT2D eigenvalue weighted by Gasteiger charge is 2.37. The Kier molecular flexibility index (Phi) is 5.02. The van der Waals surface area contributed by atoms with Gasteiger partial charge in [-0.25, -0.2) is 8.78 Å². The minimum atomic E-state index is -4.85. The molecule has 1 aromatic rings. The Hall–Kier alpha value is -1.73. The summed E-state index contributed by atoms with van der Waals surface area (Å²) in [7, 11) is 0. The largest absolute Gasteiger partial charge is 0.466 e. The van der Waals surface area contributed by atoms with Crippen LogP contribution in [-0.4, -0.2) is 17.6 Å². The van der Waals surface area contributed by atoms with Gasteiger partial charge in [0.2, 0.25) is 0 Å². The summed E-state index contributed by atoms with van der Waals surface area (Å²) in [6.07, 6.45) is -7.99. The fraction of sp³-hybridized carbons (Fsp3) is 0.500. The zero-order chi connectivity index (χ0) is 15.5. The number of alkyl halides is 5. The van der Waals surface area contributed by atoms with Gasteiger partial charge in [-0.3, -0.25) is 9.78 Å². The van der Waals surface area contributed by atoms with Crippen LogP contribution in [0.5, 0.6) is 0 Å². The van der Waals surface area contributed by atoms with E-state index in [1.807, 2.05) is 0 Å². The summed E-state index contributed by atoms with van der Waals surface area (Å²) in [4.78, 5) is 14.6. The van der Waals surface area contributed by atoms with Crippen LogP contribution in [0.3, 0.4) is 0 Å². The van der Waals surface area contributed by atoms with Crippen LogP contribution in [0.25, 0.3) is 0 Å². The predicted octanol–water partition coefficient (Wildman–Crippen LogP) is 3.45. The molecule has 0 unspecified atom stereocenters. The summed E-state index contributed by atoms with van der Waals surface area (Å²) in [5.41, 5.74) is -3.34. The molecule has 1 rings (SSSR count). The molecular weight excluding hydrogens is 285 g/mol. The molecule has 0 radical (unpaired) electrons. The molecule has 0 aliphatic carbocycles. The van der Waals surface area contributed by atoms with Crippen molar-refractivity contribution in [2.24, 2.45) is 0 Å². The molecule has 1 aromatic heterocycles. The molecular formula is C12H12F5NO2. The van der Waals surface area contributed by atoms with E-state index in [9.17, 15) is 26.7 Å². The number of nitrogens with zero attached hydrogens (tertiary/aromatic N) is 1. The van der Waals surface area contributed by atoms with Crippen molar-refractivity contribution in [1.29, 1.82) is 0 Å². The van der Waals surface area contributed by atoms with Crippen molar-refractivity contribution in [2.45, 2.75) is 32.9 Å². The van der Waals surface area contributed by atoms with Crippen LogP contribution in [0.4, 0.5) is 22.0 Å². The quantitative estimate of drug-likeness (QED) is 0.631. The number of pyridine rings is 1. The van der Waals surface area contributed by atoms with Crippen molar-refractivity contribution in [2.75, 3.05) is 6.61 Å². The summed E-state index contributed by atoms with van der Waals surface area (Å²) in [5.74, 6) is -0.871. The number of rotatable bonds is 4. The molecule has 20 heavy (non-hydrogen) atoms. The molecule has 0 saturated carbocycles. The first-order valence-electron chi connectivity index (χ1n) is 5.67. The third kappa shape index (κ3) is 3.64. The van der Waals surface area contributed by atoms with Crippen LogP contribution in [0.1, 0.15) is 35.7 Å². The Bertz CT molecular complexity index is 499. The molecule has 8 heteroatoms. The summed E-state index contributed by atoms with van der Waals surface area (Å²) in [6.45, 7) is 2.43. The van der Waals surface area contributed by atoms with Crippen molar-refractivity contribution in [3.63, 3.8) is 0 Å². The molecule has 1 heterocycles. The van der Waals surface area contributed by atoms with E-state index in [-0.39, 0.29) is 6.61 Å². The Balaban J connectivity index is 3.31. The average molecular weight is 297 g/mol. The minimum absolute atomic E-state index is 0.0156. The number of esters is 1. The van der Waals surface area contributed by atoms with Gasteiger partial charge < -0.3 is 4.74 Å². The standard InChI is InChI=1S/C12H12F5NO2/c1-3-20-8(19)4-7-5-18-10(11(13)14)6(2)9(7)12(15,16)17/h5,11H,3-4H2,1-2H3. The third-order valence-electron chi connectivity index (χ3n) is 2.57. The second-order valence-electron chi connectivity index (χ2n) is 3.95. The zero-order valence-electron chi connectivity index (χ0n) is 10.7. The SMILES string of the molecule is CCOC(=O)Cc1cnc(C(F)F)c(C)c1C(F)(F)F. The lowest BCUT2D eigenvalue weighted by Gasteiger charge is -2.17. The van der Waals surface area contributed by atoms with Crippen LogP contribution in [0.2, 0.25) is 0 Å². The molecule has 0 N–H and O–H groups in total. The Labute approximate surface area is 111 Å². The van der Waals surface area contributed by atoms with E-state index >= 15 is 0 Å². The molecule has 0 aliphatic rings. The van der Waals surface area contributed by atoms with Crippen LogP contribution >= 0.6 is 0 Å². The van der Waals surface area contributed by atoms with Crippen LogP contribution in [0.15, 0.2) is 6.20 Å². The van der Waals surface area contributed by atoms with Crippen molar-refractivity contribution in [1.82, 2.24) is 4.98 Å². The summed E-state index contributed by atoms with van der Waals surface area (Å²) in [5, 5.41) is 0. The number of aromatic nitrogens is 1. The Morgan fingerprint density at radius 3 is 2.45 bits per heavy atom. The van der Waals surface area contributed by atoms with Gasteiger partial charge >= 0.3 is 12.1 Å². The van der Waals surface area contributed by atoms with E-state index in [4.69, 9.17) is 0 Å². The smallest absolute Gasteiger partial charge is 0.417 e. The maximum absolute atomic E-state index is 13.0. The van der Waals surface area contributed by atoms with E-state index in [1.54, 1.807) is 0 Å². The molecule has 0 aliphatic heterocycles. The molecule has 0 saturated heterocycles. The van der Waals surface area contributed by atoms with E-state index in [0.717, 1.165) is 6.92 Å². The summed E-state index contributed by atoms with van der Waals surface area (Å²) >= 11 is 0. The number of carbonyl (C=O) groups is 1. The van der Waals surface area contributed by atoms with Gasteiger partial charge in [0.05, 0.1) is 18.6 Å². The second kappa shape index (κ2) is 6.15. The lowest BCUT2D eigenvalue weighted by atomic mass is 9.99. The fourth-order valence-electron chi connectivity index (χ4n) is 1.79. The van der Waals surface area contributed by atoms with E-state index < -0.39 is 47.4 Å². The highest BCUT2D eigenvalue weighted by molar-refractivity contribution is 5.73. The zero-order valence-corrected chi connectivity index (χ0v) is 10.7. The van der Waals surface area contributed by atoms with E-state index in [0.29, 0.717) is 6.20 Å². The molecule has 0 aromatic carbocycles. The first-order chi connectivity index (χ1) is 9.18. The number of halogens is 5. The molecule has 0 atom stereocenters. The monoisotopic (exact) mass is 297 g/mol. The topological polar surface area (TPSA) is 39.2 Å². The van der Waals surface area contributed by atoms with Crippen LogP contribution < -0.4 is 0 Å². The normalized spacial score (nSPS) is 11.8. The summed E-state index contributed by atoms with van der Waals surface area (Å²) < 4.78 is 68.6. The first kappa shape index (κ1) is 16.3. The van der Waals surface area contributed by atoms with Crippen molar-refractivity contribution >= 4 is 5.97 Å². The third-order valence-corrected chi connectivity index (χ3v) is 2.57. The molecule has 0 bridgehead atoms. The predicted molar refractivity (Wildman–Crippen MR) is 59.3 cm³/mol. The molecule has 3 nitrogen and oxygen atoms in total. The van der Waals surface area contributed by atoms with Gasteiger partial charge in [0, 0.05) is 6.20 Å². The van der Waals surface area contributed by atoms with Crippen LogP contribution in [0, 0.1) is 6.92 Å². The van der Waals surface area contributed by atoms with Crippen molar-refractivity contribution in [3.8, 4) is 0 Å². The van der Waals surface area contributed by atoms with E-state index in [1.165, 1.54) is 6.92 Å². The molecule has 0 fully saturated rings. The lowest BCUT2D eigenvalue weighted by Crippen LogP contribution is -2.18. The van der Waals surface area contributed by atoms with Gasteiger partial charge in [-0.05, 0) is 25.0 Å². The van der Waals surface area contributed by atoms with Gasteiger partial charge in [-0.2, -0.15) is 13.2 Å². The van der Waals surface area contributed by atoms with Crippen LogP contribution in [-0.2, 0) is 22.1 Å². The number of hydrogen-bond acceptors (Lipinski definition) is 3. The number of carbonyl (C=O) groups excluding carboxylic acids is 1. The van der Waals surface area contributed by atoms with Gasteiger partial charge in [0.1, 0.15) is 5.69 Å². The summed E-state index contributed by atoms with van der Waals surface area (Å²) in [6, 6.07) is 0. The maximum atomic E-state index is 13.0. The van der Waals surface area contributed by atoms with Gasteiger partial charge in [-0.15, -0.1) is 0 Å². The Morgan fingerprint density at radius 1 is 1.40 bits per heavy atom. The number of hydrogen-bond donors (Lipinski definition) is 0. The molecule has 112 valence electrons. The highest BCUT2D eigenvalue weighted by Crippen LogP contribution is 2.37. The van der Waals surface area contributed by atoms with Gasteiger partial charge in [-0.1, -0.05) is 0 Å². The second-order valence-corrected chi connectivity index (χ2v) is 3.95. The minimum Gasteiger partial charge on any atom is -0.466 e. The van der Waals surface area contributed by atoms with Crippen molar-refractivity contribution < 1.29 is 31.5 Å².